The lowest BCUT2D eigenvalue weighted by molar-refractivity contribution is 0.288. The lowest BCUT2D eigenvalue weighted by Gasteiger charge is -2.15. The fourth-order valence-corrected chi connectivity index (χ4v) is 2.28. The summed E-state index contributed by atoms with van der Waals surface area (Å²) < 4.78 is 21.7. The van der Waals surface area contributed by atoms with Crippen molar-refractivity contribution < 1.29 is 9.13 Å². The Labute approximate surface area is 125 Å². The highest BCUT2D eigenvalue weighted by Gasteiger charge is 2.11. The quantitative estimate of drug-likeness (QED) is 0.851. The van der Waals surface area contributed by atoms with E-state index in [0.717, 1.165) is 18.9 Å². The summed E-state index contributed by atoms with van der Waals surface area (Å²) in [5.41, 5.74) is 0.652. The zero-order valence-corrected chi connectivity index (χ0v) is 12.8. The van der Waals surface area contributed by atoms with Crippen LogP contribution in [0.4, 0.5) is 4.39 Å². The highest BCUT2D eigenvalue weighted by atomic mass is 19.1. The normalized spacial score (nSPS) is 12.4. The lowest BCUT2D eigenvalue weighted by Crippen LogP contribution is -2.18. The van der Waals surface area contributed by atoms with Crippen molar-refractivity contribution in [1.29, 1.82) is 0 Å². The van der Waals surface area contributed by atoms with E-state index in [1.54, 1.807) is 18.3 Å². The van der Waals surface area contributed by atoms with Crippen molar-refractivity contribution in [1.82, 2.24) is 14.9 Å². The number of halogens is 1. The van der Waals surface area contributed by atoms with Crippen molar-refractivity contribution in [2.24, 2.45) is 0 Å². The van der Waals surface area contributed by atoms with Gasteiger partial charge in [0.1, 0.15) is 24.0 Å². The maximum absolute atomic E-state index is 14.1. The molecule has 0 fully saturated rings. The van der Waals surface area contributed by atoms with Crippen LogP contribution >= 0.6 is 0 Å². The van der Waals surface area contributed by atoms with Gasteiger partial charge in [-0.2, -0.15) is 0 Å². The third kappa shape index (κ3) is 3.82. The summed E-state index contributed by atoms with van der Waals surface area (Å²) in [5, 5.41) is 3.20. The molecule has 0 saturated heterocycles. The average molecular weight is 291 g/mol. The van der Waals surface area contributed by atoms with Gasteiger partial charge in [-0.15, -0.1) is 0 Å². The fraction of sp³-hybridized carbons (Fsp3) is 0.438. The zero-order valence-electron chi connectivity index (χ0n) is 12.8. The number of aryl methyl sites for hydroxylation is 1. The molecule has 0 aliphatic rings. The second-order valence-corrected chi connectivity index (χ2v) is 4.88. The van der Waals surface area contributed by atoms with Crippen LogP contribution in [0.1, 0.15) is 38.2 Å². The molecule has 0 radical (unpaired) electrons. The lowest BCUT2D eigenvalue weighted by atomic mass is 10.1. The van der Waals surface area contributed by atoms with E-state index in [0.29, 0.717) is 17.9 Å². The molecule has 0 spiro atoms. The summed E-state index contributed by atoms with van der Waals surface area (Å²) in [4.78, 5) is 4.23. The fourth-order valence-electron chi connectivity index (χ4n) is 2.28. The van der Waals surface area contributed by atoms with E-state index in [9.17, 15) is 4.39 Å². The molecule has 4 nitrogen and oxygen atoms in total. The molecule has 1 atom stereocenters. The van der Waals surface area contributed by atoms with Crippen LogP contribution < -0.4 is 10.1 Å². The van der Waals surface area contributed by atoms with Gasteiger partial charge in [0.15, 0.2) is 0 Å². The molecule has 21 heavy (non-hydrogen) atoms. The van der Waals surface area contributed by atoms with Gasteiger partial charge in [0.2, 0.25) is 0 Å². The molecule has 0 bridgehead atoms. The summed E-state index contributed by atoms with van der Waals surface area (Å²) in [6.07, 6.45) is 3.64. The molecule has 1 aromatic carbocycles. The van der Waals surface area contributed by atoms with Gasteiger partial charge in [-0.1, -0.05) is 13.0 Å². The van der Waals surface area contributed by atoms with Crippen LogP contribution in [0.5, 0.6) is 5.75 Å². The second-order valence-electron chi connectivity index (χ2n) is 4.88. The smallest absolute Gasteiger partial charge is 0.146 e. The Balaban J connectivity index is 2.03. The van der Waals surface area contributed by atoms with Gasteiger partial charge in [-0.3, -0.25) is 0 Å². The number of benzene rings is 1. The van der Waals surface area contributed by atoms with Crippen molar-refractivity contribution in [2.75, 3.05) is 6.54 Å². The van der Waals surface area contributed by atoms with Crippen molar-refractivity contribution in [3.05, 3.63) is 47.8 Å². The Bertz CT molecular complexity index is 583. The molecule has 1 N–H and O–H groups in total. The van der Waals surface area contributed by atoms with Crippen LogP contribution in [-0.4, -0.2) is 16.1 Å². The largest absolute Gasteiger partial charge is 0.486 e. The Morgan fingerprint density at radius 2 is 2.19 bits per heavy atom. The highest BCUT2D eigenvalue weighted by Crippen LogP contribution is 2.22. The van der Waals surface area contributed by atoms with Crippen LogP contribution in [0, 0.1) is 5.82 Å². The Hall–Kier alpha value is -1.88. The molecule has 0 amide bonds. The monoisotopic (exact) mass is 291 g/mol. The number of nitrogens with zero attached hydrogens (tertiary/aromatic N) is 2. The van der Waals surface area contributed by atoms with Crippen molar-refractivity contribution in [3.8, 4) is 5.75 Å². The number of aromatic nitrogens is 2. The average Bonchev–Trinajstić information content (AvgIpc) is 2.92. The Morgan fingerprint density at radius 3 is 2.86 bits per heavy atom. The first-order chi connectivity index (χ1) is 10.2. The standard InChI is InChI=1S/C16H22FN3O/c1-4-18-12(3)14-7-6-13(10-15(14)17)21-11-16-19-8-9-20(16)5-2/h6-10,12,18H,4-5,11H2,1-3H3. The van der Waals surface area contributed by atoms with E-state index in [1.807, 2.05) is 31.5 Å². The van der Waals surface area contributed by atoms with Crippen molar-refractivity contribution >= 4 is 0 Å². The van der Waals surface area contributed by atoms with E-state index in [-0.39, 0.29) is 11.9 Å². The first-order valence-corrected chi connectivity index (χ1v) is 7.31. The first kappa shape index (κ1) is 15.5. The number of hydrogen-bond acceptors (Lipinski definition) is 3. The van der Waals surface area contributed by atoms with E-state index in [2.05, 4.69) is 10.3 Å². The van der Waals surface area contributed by atoms with Gasteiger partial charge in [-0.25, -0.2) is 9.37 Å². The SMILES string of the molecule is CCNC(C)c1ccc(OCc2nccn2CC)cc1F. The van der Waals surface area contributed by atoms with Gasteiger partial charge >= 0.3 is 0 Å². The summed E-state index contributed by atoms with van der Waals surface area (Å²) in [5.74, 6) is 1.10. The highest BCUT2D eigenvalue weighted by molar-refractivity contribution is 5.30. The minimum Gasteiger partial charge on any atom is -0.486 e. The maximum atomic E-state index is 14.1. The Morgan fingerprint density at radius 1 is 1.38 bits per heavy atom. The molecule has 0 aliphatic carbocycles. The van der Waals surface area contributed by atoms with Crippen LogP contribution in [0.15, 0.2) is 30.6 Å². The molecule has 1 heterocycles. The number of imidazole rings is 1. The third-order valence-corrected chi connectivity index (χ3v) is 3.46. The van der Waals surface area contributed by atoms with Crippen molar-refractivity contribution in [2.45, 2.75) is 40.0 Å². The van der Waals surface area contributed by atoms with Crippen LogP contribution in [0.25, 0.3) is 0 Å². The zero-order chi connectivity index (χ0) is 15.2. The minimum atomic E-state index is -0.250. The molecule has 1 unspecified atom stereocenters. The van der Waals surface area contributed by atoms with Gasteiger partial charge in [0.05, 0.1) is 0 Å². The molecule has 0 aliphatic heterocycles. The van der Waals surface area contributed by atoms with Crippen LogP contribution in [0.3, 0.4) is 0 Å². The molecular weight excluding hydrogens is 269 g/mol. The molecule has 0 saturated carbocycles. The topological polar surface area (TPSA) is 39.1 Å². The van der Waals surface area contributed by atoms with E-state index < -0.39 is 0 Å². The van der Waals surface area contributed by atoms with E-state index >= 15 is 0 Å². The number of hydrogen-bond donors (Lipinski definition) is 1. The third-order valence-electron chi connectivity index (χ3n) is 3.46. The molecule has 5 heteroatoms. The molecule has 1 aromatic heterocycles. The number of nitrogens with one attached hydrogen (secondary N) is 1. The van der Waals surface area contributed by atoms with Gasteiger partial charge in [0.25, 0.3) is 0 Å². The van der Waals surface area contributed by atoms with Gasteiger partial charge in [-0.05, 0) is 26.5 Å². The first-order valence-electron chi connectivity index (χ1n) is 7.31. The van der Waals surface area contributed by atoms with E-state index in [4.69, 9.17) is 4.74 Å². The number of ether oxygens (including phenoxy) is 1. The Kier molecular flexibility index (Phi) is 5.33. The molecular formula is C16H22FN3O. The second kappa shape index (κ2) is 7.22. The van der Waals surface area contributed by atoms with Gasteiger partial charge in [0, 0.05) is 36.6 Å². The van der Waals surface area contributed by atoms with Gasteiger partial charge < -0.3 is 14.6 Å². The summed E-state index contributed by atoms with van der Waals surface area (Å²) in [6.45, 7) is 7.97. The predicted octanol–water partition coefficient (Wildman–Crippen LogP) is 3.29. The summed E-state index contributed by atoms with van der Waals surface area (Å²) >= 11 is 0. The summed E-state index contributed by atoms with van der Waals surface area (Å²) in [6, 6.07) is 4.99. The van der Waals surface area contributed by atoms with E-state index in [1.165, 1.54) is 6.07 Å². The predicted molar refractivity (Wildman–Crippen MR) is 80.7 cm³/mol. The van der Waals surface area contributed by atoms with Crippen LogP contribution in [-0.2, 0) is 13.2 Å². The minimum absolute atomic E-state index is 0.0111. The molecule has 2 aromatic rings. The van der Waals surface area contributed by atoms with Crippen LogP contribution in [0.2, 0.25) is 0 Å². The molecule has 114 valence electrons. The maximum Gasteiger partial charge on any atom is 0.146 e. The van der Waals surface area contributed by atoms with Crippen molar-refractivity contribution in [3.63, 3.8) is 0 Å². The molecule has 2 rings (SSSR count). The number of rotatable bonds is 7. The summed E-state index contributed by atoms with van der Waals surface area (Å²) in [7, 11) is 0.